The number of anilines is 1. The first-order chi connectivity index (χ1) is 8.74. The van der Waals surface area contributed by atoms with Gasteiger partial charge in [0, 0.05) is 6.54 Å². The molecule has 0 unspecified atom stereocenters. The van der Waals surface area contributed by atoms with Crippen LogP contribution in [-0.4, -0.2) is 18.1 Å². The van der Waals surface area contributed by atoms with Crippen LogP contribution in [0.15, 0.2) is 12.1 Å². The average molecular weight is 264 g/mol. The molecule has 0 saturated heterocycles. The van der Waals surface area contributed by atoms with E-state index < -0.39 is 0 Å². The van der Waals surface area contributed by atoms with Crippen LogP contribution in [0.4, 0.5) is 5.13 Å². The molecule has 2 rings (SSSR count). The van der Waals surface area contributed by atoms with E-state index in [4.69, 9.17) is 4.74 Å². The van der Waals surface area contributed by atoms with Crippen LogP contribution in [0.2, 0.25) is 0 Å². The van der Waals surface area contributed by atoms with Crippen molar-refractivity contribution in [1.82, 2.24) is 4.98 Å². The lowest BCUT2D eigenvalue weighted by Crippen LogP contribution is -1.98. The Morgan fingerprint density at radius 3 is 2.83 bits per heavy atom. The van der Waals surface area contributed by atoms with Crippen molar-refractivity contribution in [3.8, 4) is 5.75 Å². The summed E-state index contributed by atoms with van der Waals surface area (Å²) >= 11 is 1.69. The quantitative estimate of drug-likeness (QED) is 0.848. The Labute approximate surface area is 112 Å². The van der Waals surface area contributed by atoms with E-state index in [-0.39, 0.29) is 0 Å². The van der Waals surface area contributed by atoms with E-state index in [1.165, 1.54) is 4.70 Å². The number of ether oxygens (including phenoxy) is 1. The molecule has 0 saturated carbocycles. The van der Waals surface area contributed by atoms with Gasteiger partial charge in [-0.1, -0.05) is 25.2 Å². The molecule has 1 aromatic heterocycles. The number of fused-ring (bicyclic) bond motifs is 1. The Morgan fingerprint density at radius 1 is 1.28 bits per heavy atom. The lowest BCUT2D eigenvalue weighted by Gasteiger charge is -2.07. The minimum atomic E-state index is 0.770. The molecular formula is C14H20N2OS. The second-order valence-corrected chi connectivity index (χ2v) is 5.41. The van der Waals surface area contributed by atoms with Crippen molar-refractivity contribution in [3.05, 3.63) is 17.7 Å². The molecule has 98 valence electrons. The molecule has 0 aliphatic heterocycles. The van der Waals surface area contributed by atoms with E-state index in [1.54, 1.807) is 11.3 Å². The number of thiazole rings is 1. The fourth-order valence-electron chi connectivity index (χ4n) is 1.73. The van der Waals surface area contributed by atoms with Gasteiger partial charge in [-0.2, -0.15) is 0 Å². The molecule has 18 heavy (non-hydrogen) atoms. The number of aryl methyl sites for hydroxylation is 1. The maximum atomic E-state index is 5.74. The molecule has 0 amide bonds. The number of nitrogens with zero attached hydrogens (tertiary/aromatic N) is 1. The topological polar surface area (TPSA) is 34.2 Å². The molecule has 1 N–H and O–H groups in total. The molecule has 0 radical (unpaired) electrons. The molecular weight excluding hydrogens is 244 g/mol. The molecule has 0 bridgehead atoms. The number of hydrogen-bond donors (Lipinski definition) is 1. The standard InChI is InChI=1S/C14H20N2OS/c1-4-6-15-14-16-11-8-10(3)12(17-7-5-2)9-13(11)18-14/h8-9H,4-7H2,1-3H3,(H,15,16). The summed E-state index contributed by atoms with van der Waals surface area (Å²) in [6, 6.07) is 4.21. The second kappa shape index (κ2) is 6.05. The molecule has 3 nitrogen and oxygen atoms in total. The summed E-state index contributed by atoms with van der Waals surface area (Å²) in [5, 5.41) is 4.33. The van der Waals surface area contributed by atoms with E-state index in [9.17, 15) is 0 Å². The summed E-state index contributed by atoms with van der Waals surface area (Å²) in [6.07, 6.45) is 2.14. The van der Waals surface area contributed by atoms with Crippen LogP contribution in [0.3, 0.4) is 0 Å². The van der Waals surface area contributed by atoms with E-state index in [1.807, 2.05) is 0 Å². The van der Waals surface area contributed by atoms with Crippen molar-refractivity contribution in [3.63, 3.8) is 0 Å². The van der Waals surface area contributed by atoms with Crippen LogP contribution >= 0.6 is 11.3 Å². The van der Waals surface area contributed by atoms with Crippen LogP contribution in [-0.2, 0) is 0 Å². The van der Waals surface area contributed by atoms with Crippen molar-refractivity contribution in [1.29, 1.82) is 0 Å². The average Bonchev–Trinajstić information content (AvgIpc) is 2.75. The Morgan fingerprint density at radius 2 is 2.11 bits per heavy atom. The molecule has 0 fully saturated rings. The number of nitrogens with one attached hydrogen (secondary N) is 1. The monoisotopic (exact) mass is 264 g/mol. The van der Waals surface area contributed by atoms with Gasteiger partial charge in [0.2, 0.25) is 0 Å². The van der Waals surface area contributed by atoms with E-state index >= 15 is 0 Å². The summed E-state index contributed by atoms with van der Waals surface area (Å²) < 4.78 is 6.93. The Kier molecular flexibility index (Phi) is 4.42. The van der Waals surface area contributed by atoms with Crippen LogP contribution in [0.1, 0.15) is 32.3 Å². The third-order valence-corrected chi connectivity index (χ3v) is 3.65. The Balaban J connectivity index is 2.26. The summed E-state index contributed by atoms with van der Waals surface area (Å²) in [5.74, 6) is 0.982. The zero-order valence-electron chi connectivity index (χ0n) is 11.2. The molecule has 1 aromatic carbocycles. The fourth-order valence-corrected chi connectivity index (χ4v) is 2.64. The van der Waals surface area contributed by atoms with Gasteiger partial charge in [0.25, 0.3) is 0 Å². The van der Waals surface area contributed by atoms with Gasteiger partial charge in [-0.25, -0.2) is 4.98 Å². The first-order valence-electron chi connectivity index (χ1n) is 6.52. The van der Waals surface area contributed by atoms with Gasteiger partial charge in [-0.05, 0) is 37.5 Å². The van der Waals surface area contributed by atoms with Gasteiger partial charge < -0.3 is 10.1 Å². The Hall–Kier alpha value is -1.29. The van der Waals surface area contributed by atoms with Gasteiger partial charge in [0.1, 0.15) is 5.75 Å². The maximum Gasteiger partial charge on any atom is 0.183 e. The Bertz CT molecular complexity index is 522. The maximum absolute atomic E-state index is 5.74. The first kappa shape index (κ1) is 13.1. The highest BCUT2D eigenvalue weighted by atomic mass is 32.1. The van der Waals surface area contributed by atoms with Crippen molar-refractivity contribution in [2.75, 3.05) is 18.5 Å². The largest absolute Gasteiger partial charge is 0.493 e. The predicted octanol–water partition coefficient (Wildman–Crippen LogP) is 4.22. The van der Waals surface area contributed by atoms with E-state index in [2.05, 4.69) is 43.2 Å². The third-order valence-electron chi connectivity index (χ3n) is 2.67. The van der Waals surface area contributed by atoms with E-state index in [0.717, 1.165) is 48.0 Å². The van der Waals surface area contributed by atoms with Crippen LogP contribution in [0, 0.1) is 6.92 Å². The number of aromatic nitrogens is 1. The number of benzene rings is 1. The molecule has 0 spiro atoms. The fraction of sp³-hybridized carbons (Fsp3) is 0.500. The van der Waals surface area contributed by atoms with E-state index in [0.29, 0.717) is 0 Å². The minimum Gasteiger partial charge on any atom is -0.493 e. The molecule has 0 aliphatic carbocycles. The lowest BCUT2D eigenvalue weighted by atomic mass is 10.2. The van der Waals surface area contributed by atoms with Gasteiger partial charge >= 0.3 is 0 Å². The molecule has 0 aliphatic rings. The first-order valence-corrected chi connectivity index (χ1v) is 7.34. The highest BCUT2D eigenvalue weighted by Gasteiger charge is 2.07. The molecule has 0 atom stereocenters. The molecule has 2 aromatic rings. The summed E-state index contributed by atoms with van der Waals surface area (Å²) in [7, 11) is 0. The van der Waals surface area contributed by atoms with Crippen molar-refractivity contribution in [2.24, 2.45) is 0 Å². The SMILES string of the molecule is CCCNc1nc2cc(C)c(OCCC)cc2s1. The lowest BCUT2D eigenvalue weighted by molar-refractivity contribution is 0.316. The number of hydrogen-bond acceptors (Lipinski definition) is 4. The number of rotatable bonds is 6. The molecule has 4 heteroatoms. The van der Waals surface area contributed by atoms with Crippen molar-refractivity contribution >= 4 is 26.7 Å². The van der Waals surface area contributed by atoms with Gasteiger partial charge in [-0.3, -0.25) is 0 Å². The minimum absolute atomic E-state index is 0.770. The highest BCUT2D eigenvalue weighted by Crippen LogP contribution is 2.31. The molecule has 1 heterocycles. The van der Waals surface area contributed by atoms with Gasteiger partial charge in [-0.15, -0.1) is 0 Å². The van der Waals surface area contributed by atoms with Crippen LogP contribution in [0.25, 0.3) is 10.2 Å². The van der Waals surface area contributed by atoms with Gasteiger partial charge in [0.05, 0.1) is 16.8 Å². The van der Waals surface area contributed by atoms with Crippen molar-refractivity contribution in [2.45, 2.75) is 33.6 Å². The normalized spacial score (nSPS) is 10.8. The van der Waals surface area contributed by atoms with Gasteiger partial charge in [0.15, 0.2) is 5.13 Å². The third kappa shape index (κ3) is 2.93. The van der Waals surface area contributed by atoms with Crippen LogP contribution in [0.5, 0.6) is 5.75 Å². The zero-order chi connectivity index (χ0) is 13.0. The summed E-state index contributed by atoms with van der Waals surface area (Å²) in [6.45, 7) is 8.08. The van der Waals surface area contributed by atoms with Crippen LogP contribution < -0.4 is 10.1 Å². The second-order valence-electron chi connectivity index (χ2n) is 4.38. The highest BCUT2D eigenvalue weighted by molar-refractivity contribution is 7.22. The smallest absolute Gasteiger partial charge is 0.183 e. The predicted molar refractivity (Wildman–Crippen MR) is 78.9 cm³/mol. The summed E-state index contributed by atoms with van der Waals surface area (Å²) in [5.41, 5.74) is 2.21. The summed E-state index contributed by atoms with van der Waals surface area (Å²) in [4.78, 5) is 4.58. The zero-order valence-corrected chi connectivity index (χ0v) is 12.1. The van der Waals surface area contributed by atoms with Crippen molar-refractivity contribution < 1.29 is 4.74 Å².